The van der Waals surface area contributed by atoms with Crippen LogP contribution in [0.2, 0.25) is 0 Å². The van der Waals surface area contributed by atoms with E-state index in [0.717, 1.165) is 5.92 Å². The normalized spacial score (nSPS) is 28.4. The van der Waals surface area contributed by atoms with E-state index in [1.807, 2.05) is 0 Å². The van der Waals surface area contributed by atoms with Crippen LogP contribution in [0.5, 0.6) is 0 Å². The second kappa shape index (κ2) is 4.00. The van der Waals surface area contributed by atoms with Crippen LogP contribution in [0.15, 0.2) is 0 Å². The molecule has 1 nitrogen and oxygen atoms in total. The first-order valence-electron chi connectivity index (χ1n) is 6.07. The van der Waals surface area contributed by atoms with E-state index >= 15 is 0 Å². The molecule has 0 aromatic rings. The van der Waals surface area contributed by atoms with Gasteiger partial charge in [-0.1, -0.05) is 32.1 Å². The molecule has 0 amide bonds. The van der Waals surface area contributed by atoms with Crippen molar-refractivity contribution in [1.82, 2.24) is 0 Å². The molecule has 1 heteroatoms. The molecule has 2 saturated carbocycles. The van der Waals surface area contributed by atoms with Gasteiger partial charge < -0.3 is 5.73 Å². The number of hydrogen-bond acceptors (Lipinski definition) is 1. The van der Waals surface area contributed by atoms with Crippen molar-refractivity contribution < 1.29 is 0 Å². The van der Waals surface area contributed by atoms with Gasteiger partial charge in [-0.25, -0.2) is 0 Å². The zero-order valence-electron chi connectivity index (χ0n) is 8.73. The Labute approximate surface area is 82.1 Å². The van der Waals surface area contributed by atoms with Gasteiger partial charge >= 0.3 is 0 Å². The Morgan fingerprint density at radius 2 is 1.69 bits per heavy atom. The average Bonchev–Trinajstić information content (AvgIpc) is 2.13. The maximum atomic E-state index is 6.22. The maximum Gasteiger partial charge on any atom is 0.0154 e. The summed E-state index contributed by atoms with van der Waals surface area (Å²) in [6.07, 6.45) is 14.1. The molecule has 0 atom stereocenters. The Bertz CT molecular complexity index is 155. The van der Waals surface area contributed by atoms with Crippen LogP contribution < -0.4 is 5.73 Å². The smallest absolute Gasteiger partial charge is 0.0154 e. The number of rotatable bonds is 3. The highest BCUT2D eigenvalue weighted by molar-refractivity contribution is 4.92. The lowest BCUT2D eigenvalue weighted by Gasteiger charge is -2.39. The number of hydrogen-bond donors (Lipinski definition) is 1. The van der Waals surface area contributed by atoms with Gasteiger partial charge in [0.25, 0.3) is 0 Å². The Kier molecular flexibility index (Phi) is 2.92. The Morgan fingerprint density at radius 3 is 2.23 bits per heavy atom. The van der Waals surface area contributed by atoms with Crippen LogP contribution in [0.25, 0.3) is 0 Å². The van der Waals surface area contributed by atoms with Crippen molar-refractivity contribution >= 4 is 0 Å². The van der Waals surface area contributed by atoms with Crippen molar-refractivity contribution in [2.75, 3.05) is 0 Å². The minimum Gasteiger partial charge on any atom is -0.325 e. The quantitative estimate of drug-likeness (QED) is 0.710. The van der Waals surface area contributed by atoms with Crippen LogP contribution in [-0.4, -0.2) is 5.54 Å². The topological polar surface area (TPSA) is 26.0 Å². The van der Waals surface area contributed by atoms with Gasteiger partial charge in [0, 0.05) is 5.54 Å². The van der Waals surface area contributed by atoms with Gasteiger partial charge in [0.15, 0.2) is 0 Å². The minimum atomic E-state index is 0.275. The summed E-state index contributed by atoms with van der Waals surface area (Å²) in [5, 5.41) is 0. The molecule has 0 aliphatic heterocycles. The summed E-state index contributed by atoms with van der Waals surface area (Å²) in [5.74, 6) is 1.02. The summed E-state index contributed by atoms with van der Waals surface area (Å²) in [6, 6.07) is 0. The first-order chi connectivity index (χ1) is 6.29. The van der Waals surface area contributed by atoms with E-state index in [1.165, 1.54) is 64.2 Å². The fourth-order valence-electron chi connectivity index (χ4n) is 2.85. The summed E-state index contributed by atoms with van der Waals surface area (Å²) >= 11 is 0. The van der Waals surface area contributed by atoms with Crippen molar-refractivity contribution in [2.45, 2.75) is 69.7 Å². The molecule has 2 rings (SSSR count). The van der Waals surface area contributed by atoms with Gasteiger partial charge in [0.05, 0.1) is 0 Å². The third-order valence-electron chi connectivity index (χ3n) is 4.12. The van der Waals surface area contributed by atoms with Crippen LogP contribution in [-0.2, 0) is 0 Å². The maximum absolute atomic E-state index is 6.22. The molecular weight excluding hydrogens is 158 g/mol. The van der Waals surface area contributed by atoms with Gasteiger partial charge in [-0.3, -0.25) is 0 Å². The molecule has 13 heavy (non-hydrogen) atoms. The van der Waals surface area contributed by atoms with E-state index in [-0.39, 0.29) is 5.54 Å². The highest BCUT2D eigenvalue weighted by Crippen LogP contribution is 2.36. The van der Waals surface area contributed by atoms with Crippen molar-refractivity contribution in [3.8, 4) is 0 Å². The molecule has 2 aliphatic rings. The summed E-state index contributed by atoms with van der Waals surface area (Å²) in [7, 11) is 0. The molecular formula is C12H23N. The van der Waals surface area contributed by atoms with E-state index < -0.39 is 0 Å². The Morgan fingerprint density at radius 1 is 1.00 bits per heavy atom. The number of nitrogens with two attached hydrogens (primary N) is 1. The van der Waals surface area contributed by atoms with Crippen molar-refractivity contribution in [3.63, 3.8) is 0 Å². The lowest BCUT2D eigenvalue weighted by molar-refractivity contribution is 0.201. The summed E-state index contributed by atoms with van der Waals surface area (Å²) in [4.78, 5) is 0. The molecule has 0 saturated heterocycles. The Hall–Kier alpha value is -0.0400. The molecule has 0 radical (unpaired) electrons. The van der Waals surface area contributed by atoms with E-state index in [9.17, 15) is 0 Å². The minimum absolute atomic E-state index is 0.275. The molecule has 2 N–H and O–H groups in total. The summed E-state index contributed by atoms with van der Waals surface area (Å²) in [6.45, 7) is 0. The van der Waals surface area contributed by atoms with E-state index in [0.29, 0.717) is 0 Å². The van der Waals surface area contributed by atoms with E-state index in [1.54, 1.807) is 0 Å². The standard InChI is InChI=1S/C12H23N/c13-12(8-4-9-12)10-7-11-5-2-1-3-6-11/h11H,1-10,13H2. The highest BCUT2D eigenvalue weighted by atomic mass is 14.8. The van der Waals surface area contributed by atoms with Crippen LogP contribution >= 0.6 is 0 Å². The van der Waals surface area contributed by atoms with E-state index in [4.69, 9.17) is 5.73 Å². The molecule has 0 aromatic heterocycles. The molecule has 0 spiro atoms. The molecule has 76 valence electrons. The SMILES string of the molecule is NC1(CCC2CCCCC2)CCC1. The first-order valence-corrected chi connectivity index (χ1v) is 6.07. The third-order valence-corrected chi connectivity index (χ3v) is 4.12. The zero-order chi connectivity index (χ0) is 9.15. The molecule has 2 aliphatic carbocycles. The first kappa shape index (κ1) is 9.51. The lowest BCUT2D eigenvalue weighted by Crippen LogP contribution is -2.46. The molecule has 0 heterocycles. The van der Waals surface area contributed by atoms with Gasteiger partial charge in [0.1, 0.15) is 0 Å². The predicted octanol–water partition coefficient (Wildman–Crippen LogP) is 3.23. The van der Waals surface area contributed by atoms with E-state index in [2.05, 4.69) is 0 Å². The van der Waals surface area contributed by atoms with Crippen molar-refractivity contribution in [3.05, 3.63) is 0 Å². The van der Waals surface area contributed by atoms with Gasteiger partial charge in [-0.15, -0.1) is 0 Å². The fourth-order valence-corrected chi connectivity index (χ4v) is 2.85. The van der Waals surface area contributed by atoms with Crippen LogP contribution in [0, 0.1) is 5.92 Å². The Balaban J connectivity index is 1.66. The van der Waals surface area contributed by atoms with Gasteiger partial charge in [-0.05, 0) is 38.0 Å². The fraction of sp³-hybridized carbons (Fsp3) is 1.00. The molecule has 0 aromatic carbocycles. The summed E-state index contributed by atoms with van der Waals surface area (Å²) < 4.78 is 0. The van der Waals surface area contributed by atoms with Gasteiger partial charge in [-0.2, -0.15) is 0 Å². The lowest BCUT2D eigenvalue weighted by atomic mass is 9.72. The third kappa shape index (κ3) is 2.46. The second-order valence-electron chi connectivity index (χ2n) is 5.26. The summed E-state index contributed by atoms with van der Waals surface area (Å²) in [5.41, 5.74) is 6.50. The average molecular weight is 181 g/mol. The zero-order valence-corrected chi connectivity index (χ0v) is 8.73. The van der Waals surface area contributed by atoms with Crippen LogP contribution in [0.3, 0.4) is 0 Å². The van der Waals surface area contributed by atoms with Crippen LogP contribution in [0.4, 0.5) is 0 Å². The monoisotopic (exact) mass is 181 g/mol. The van der Waals surface area contributed by atoms with Crippen LogP contribution in [0.1, 0.15) is 64.2 Å². The van der Waals surface area contributed by atoms with Crippen molar-refractivity contribution in [2.24, 2.45) is 11.7 Å². The molecule has 2 fully saturated rings. The second-order valence-corrected chi connectivity index (χ2v) is 5.26. The van der Waals surface area contributed by atoms with Gasteiger partial charge in [0.2, 0.25) is 0 Å². The molecule has 0 bridgehead atoms. The predicted molar refractivity (Wildman–Crippen MR) is 56.6 cm³/mol. The molecule has 0 unspecified atom stereocenters. The highest BCUT2D eigenvalue weighted by Gasteiger charge is 2.32. The largest absolute Gasteiger partial charge is 0.325 e. The van der Waals surface area contributed by atoms with Crippen molar-refractivity contribution in [1.29, 1.82) is 0 Å².